The predicted molar refractivity (Wildman–Crippen MR) is 126 cm³/mol. The maximum Gasteiger partial charge on any atom is 0.229 e. The van der Waals surface area contributed by atoms with Gasteiger partial charge in [0, 0.05) is 31.6 Å². The molecule has 3 aromatic rings. The van der Waals surface area contributed by atoms with Crippen LogP contribution in [0.3, 0.4) is 0 Å². The van der Waals surface area contributed by atoms with Gasteiger partial charge in [-0.2, -0.15) is 4.98 Å². The molecule has 1 aromatic heterocycles. The quantitative estimate of drug-likeness (QED) is 0.396. The van der Waals surface area contributed by atoms with Gasteiger partial charge in [-0.05, 0) is 48.0 Å². The van der Waals surface area contributed by atoms with Gasteiger partial charge >= 0.3 is 0 Å². The zero-order chi connectivity index (χ0) is 22.6. The molecule has 0 fully saturated rings. The molecule has 1 heterocycles. The van der Waals surface area contributed by atoms with E-state index in [4.69, 9.17) is 19.7 Å². The number of hydrogen-bond donors (Lipinski definition) is 1. The van der Waals surface area contributed by atoms with E-state index < -0.39 is 0 Å². The van der Waals surface area contributed by atoms with Gasteiger partial charge < -0.3 is 19.7 Å². The first kappa shape index (κ1) is 24.4. The Morgan fingerprint density at radius 3 is 2.55 bits per heavy atom. The van der Waals surface area contributed by atoms with Gasteiger partial charge in [-0.15, -0.1) is 0 Å². The molecule has 6 nitrogen and oxygen atoms in total. The van der Waals surface area contributed by atoms with Gasteiger partial charge in [0.2, 0.25) is 11.7 Å². The van der Waals surface area contributed by atoms with Crippen LogP contribution in [0, 0.1) is 0 Å². The molecule has 3 rings (SSSR count). The molecule has 2 N–H and O–H groups in total. The minimum absolute atomic E-state index is 0.296. The van der Waals surface area contributed by atoms with E-state index in [-0.39, 0.29) is 0 Å². The van der Waals surface area contributed by atoms with Crippen molar-refractivity contribution in [1.29, 1.82) is 0 Å². The number of ether oxygens (including phenoxy) is 2. The molecule has 0 saturated carbocycles. The lowest BCUT2D eigenvalue weighted by molar-refractivity contribution is 0.172. The molecule has 0 radical (unpaired) electrons. The molecule has 0 amide bonds. The highest BCUT2D eigenvalue weighted by Gasteiger charge is 2.15. The van der Waals surface area contributed by atoms with Gasteiger partial charge in [0.1, 0.15) is 5.75 Å². The highest BCUT2D eigenvalue weighted by molar-refractivity contribution is 5.87. The average molecular weight is 426 g/mol. The Morgan fingerprint density at radius 2 is 1.84 bits per heavy atom. The van der Waals surface area contributed by atoms with Crippen LogP contribution in [0.5, 0.6) is 5.75 Å². The molecule has 0 aliphatic heterocycles. The van der Waals surface area contributed by atoms with Crippen molar-refractivity contribution in [3.8, 4) is 17.1 Å². The van der Waals surface area contributed by atoms with Crippen molar-refractivity contribution in [2.45, 2.75) is 52.4 Å². The number of methoxy groups -OCH3 is 1. The third-order valence-corrected chi connectivity index (χ3v) is 4.69. The van der Waals surface area contributed by atoms with Crippen LogP contribution in [0.1, 0.15) is 58.3 Å². The summed E-state index contributed by atoms with van der Waals surface area (Å²) in [6.45, 7) is 10.8. The Hall–Kier alpha value is -2.86. The van der Waals surface area contributed by atoms with E-state index >= 15 is 0 Å². The minimum atomic E-state index is 0.296. The smallest absolute Gasteiger partial charge is 0.229 e. The van der Waals surface area contributed by atoms with Crippen molar-refractivity contribution < 1.29 is 14.0 Å². The van der Waals surface area contributed by atoms with Crippen LogP contribution < -0.4 is 10.5 Å². The Kier molecular flexibility index (Phi) is 10.0. The summed E-state index contributed by atoms with van der Waals surface area (Å²) in [5, 5.41) is 6.43. The molecule has 2 aromatic carbocycles. The number of aromatic nitrogens is 2. The summed E-state index contributed by atoms with van der Waals surface area (Å²) in [5.74, 6) is 2.54. The van der Waals surface area contributed by atoms with Crippen LogP contribution in [0.15, 0.2) is 53.2 Å². The third-order valence-electron chi connectivity index (χ3n) is 4.69. The minimum Gasteiger partial charge on any atom is -0.493 e. The third kappa shape index (κ3) is 8.06. The average Bonchev–Trinajstić information content (AvgIpc) is 3.25. The molecule has 168 valence electrons. The van der Waals surface area contributed by atoms with E-state index in [1.165, 1.54) is 12.8 Å². The largest absolute Gasteiger partial charge is 0.493 e. The molecule has 0 unspecified atom stereocenters. The summed E-state index contributed by atoms with van der Waals surface area (Å²) in [6.07, 6.45) is 4.30. The number of rotatable bonds is 10. The fourth-order valence-corrected chi connectivity index (χ4v) is 3.03. The molecule has 0 aliphatic carbocycles. The number of hydrogen-bond acceptors (Lipinski definition) is 6. The van der Waals surface area contributed by atoms with Crippen molar-refractivity contribution in [3.05, 3.63) is 54.6 Å². The van der Waals surface area contributed by atoms with E-state index in [0.717, 1.165) is 40.8 Å². The summed E-state index contributed by atoms with van der Waals surface area (Å²) < 4.78 is 16.3. The molecule has 0 saturated heterocycles. The van der Waals surface area contributed by atoms with Gasteiger partial charge in [-0.3, -0.25) is 0 Å². The van der Waals surface area contributed by atoms with Gasteiger partial charge in [-0.1, -0.05) is 56.6 Å². The van der Waals surface area contributed by atoms with Gasteiger partial charge in [0.25, 0.3) is 0 Å². The van der Waals surface area contributed by atoms with E-state index in [1.54, 1.807) is 14.0 Å². The molecule has 31 heavy (non-hydrogen) atoms. The maximum atomic E-state index is 5.77. The summed E-state index contributed by atoms with van der Waals surface area (Å²) in [4.78, 5) is 4.60. The predicted octanol–water partition coefficient (Wildman–Crippen LogP) is 6.08. The van der Waals surface area contributed by atoms with Crippen LogP contribution in [0.2, 0.25) is 0 Å². The van der Waals surface area contributed by atoms with Crippen LogP contribution in [-0.2, 0) is 4.74 Å². The number of nitrogens with zero attached hydrogens (tertiary/aromatic N) is 2. The van der Waals surface area contributed by atoms with E-state index in [2.05, 4.69) is 54.8 Å². The fraction of sp³-hybridized carbons (Fsp3) is 0.440. The van der Waals surface area contributed by atoms with Crippen molar-refractivity contribution in [2.24, 2.45) is 5.73 Å². The van der Waals surface area contributed by atoms with Crippen LogP contribution in [0.4, 0.5) is 0 Å². The first-order chi connectivity index (χ1) is 14.9. The van der Waals surface area contributed by atoms with Crippen molar-refractivity contribution in [2.75, 3.05) is 20.3 Å². The van der Waals surface area contributed by atoms with Crippen molar-refractivity contribution in [3.63, 3.8) is 0 Å². The SMILES string of the molecule is C=C(C)N.CCCC[C@H](C)c1nc(-c2ccc3cc(OCCCOC)ccc3c2)no1. The van der Waals surface area contributed by atoms with Crippen LogP contribution >= 0.6 is 0 Å². The fourth-order valence-electron chi connectivity index (χ4n) is 3.03. The van der Waals surface area contributed by atoms with E-state index in [9.17, 15) is 0 Å². The number of fused-ring (bicyclic) bond motifs is 1. The number of nitrogens with two attached hydrogens (primary N) is 1. The van der Waals surface area contributed by atoms with Crippen LogP contribution in [0.25, 0.3) is 22.2 Å². The van der Waals surface area contributed by atoms with Crippen molar-refractivity contribution in [1.82, 2.24) is 10.1 Å². The molecule has 0 spiro atoms. The monoisotopic (exact) mass is 425 g/mol. The first-order valence-electron chi connectivity index (χ1n) is 10.8. The number of allylic oxidation sites excluding steroid dienone is 1. The highest BCUT2D eigenvalue weighted by atomic mass is 16.5. The summed E-state index contributed by atoms with van der Waals surface area (Å²) in [5.41, 5.74) is 6.55. The summed E-state index contributed by atoms with van der Waals surface area (Å²) in [6, 6.07) is 12.3. The summed E-state index contributed by atoms with van der Waals surface area (Å²) in [7, 11) is 1.70. The maximum absolute atomic E-state index is 5.77. The standard InChI is InChI=1S/C22H28N2O3.C3H7N/c1-4-5-7-16(2)22-23-21(24-27-22)19-9-8-18-15-20(11-10-17(18)14-19)26-13-6-12-25-3;1-3(2)4/h8-11,14-16H,4-7,12-13H2,1-3H3;1,4H2,2H3/t16-;/m0./s1. The Bertz CT molecular complexity index is 948. The molecule has 1 atom stereocenters. The molecular weight excluding hydrogens is 390 g/mol. The topological polar surface area (TPSA) is 83.4 Å². The van der Waals surface area contributed by atoms with E-state index in [0.29, 0.717) is 30.7 Å². The normalized spacial score (nSPS) is 11.6. The van der Waals surface area contributed by atoms with Crippen LogP contribution in [-0.4, -0.2) is 30.5 Å². The lowest BCUT2D eigenvalue weighted by Crippen LogP contribution is -2.01. The Labute approximate surface area is 185 Å². The van der Waals surface area contributed by atoms with Crippen molar-refractivity contribution >= 4 is 10.8 Å². The lowest BCUT2D eigenvalue weighted by Gasteiger charge is -2.07. The van der Waals surface area contributed by atoms with Gasteiger partial charge in [0.15, 0.2) is 0 Å². The van der Waals surface area contributed by atoms with Gasteiger partial charge in [-0.25, -0.2) is 0 Å². The van der Waals surface area contributed by atoms with E-state index in [1.807, 2.05) is 12.1 Å². The molecule has 0 aliphatic rings. The summed E-state index contributed by atoms with van der Waals surface area (Å²) >= 11 is 0. The Morgan fingerprint density at radius 1 is 1.13 bits per heavy atom. The second kappa shape index (κ2) is 12.7. The number of benzene rings is 2. The molecule has 6 heteroatoms. The highest BCUT2D eigenvalue weighted by Crippen LogP contribution is 2.27. The molecular formula is C25H35N3O3. The first-order valence-corrected chi connectivity index (χ1v) is 10.8. The number of unbranched alkanes of at least 4 members (excludes halogenated alkanes) is 1. The molecule has 0 bridgehead atoms. The van der Waals surface area contributed by atoms with Gasteiger partial charge in [0.05, 0.1) is 6.61 Å². The zero-order valence-corrected chi connectivity index (χ0v) is 19.2. The second-order valence-corrected chi connectivity index (χ2v) is 7.76. The zero-order valence-electron chi connectivity index (χ0n) is 19.2. The Balaban J connectivity index is 0.000000785. The second-order valence-electron chi connectivity index (χ2n) is 7.76. The lowest BCUT2D eigenvalue weighted by atomic mass is 10.0.